The maximum Gasteiger partial charge on any atom is 0.241 e. The van der Waals surface area contributed by atoms with Crippen LogP contribution in [0.5, 0.6) is 0 Å². The van der Waals surface area contributed by atoms with E-state index in [2.05, 4.69) is 11.8 Å². The van der Waals surface area contributed by atoms with Gasteiger partial charge in [0.15, 0.2) is 0 Å². The molecule has 0 atom stereocenters. The highest BCUT2D eigenvalue weighted by Gasteiger charge is 2.13. The highest BCUT2D eigenvalue weighted by Crippen LogP contribution is 2.22. The lowest BCUT2D eigenvalue weighted by Gasteiger charge is -2.29. The van der Waals surface area contributed by atoms with E-state index in [4.69, 9.17) is 0 Å². The van der Waals surface area contributed by atoms with Crippen molar-refractivity contribution in [2.24, 2.45) is 0 Å². The van der Waals surface area contributed by atoms with Crippen LogP contribution in [-0.4, -0.2) is 16.4 Å². The molecule has 0 amide bonds. The van der Waals surface area contributed by atoms with Gasteiger partial charge in [-0.2, -0.15) is 0 Å². The normalized spacial score (nSPS) is 15.7. The first-order valence-corrected chi connectivity index (χ1v) is 5.54. The molecule has 0 aromatic heterocycles. The Balaban J connectivity index is 2.83. The van der Waals surface area contributed by atoms with Crippen molar-refractivity contribution < 1.29 is 4.92 Å². The van der Waals surface area contributed by atoms with Gasteiger partial charge in [-0.1, -0.05) is 13.3 Å². The van der Waals surface area contributed by atoms with Crippen molar-refractivity contribution in [3.63, 3.8) is 0 Å². The molecule has 1 rings (SSSR count). The second-order valence-electron chi connectivity index (χ2n) is 3.99. The molecule has 4 heteroatoms. The van der Waals surface area contributed by atoms with Gasteiger partial charge < -0.3 is 4.90 Å². The zero-order valence-electron chi connectivity index (χ0n) is 10.1. The van der Waals surface area contributed by atoms with Crippen LogP contribution in [0.25, 0.3) is 0 Å². The summed E-state index contributed by atoms with van der Waals surface area (Å²) >= 11 is 0. The Morgan fingerprint density at radius 2 is 1.94 bits per heavy atom. The molecule has 0 bridgehead atoms. The zero-order valence-corrected chi connectivity index (χ0v) is 10.1. The first-order chi connectivity index (χ1) is 7.54. The van der Waals surface area contributed by atoms with E-state index in [1.807, 2.05) is 26.0 Å². The third kappa shape index (κ3) is 3.22. The molecular weight excluding hydrogens is 204 g/mol. The van der Waals surface area contributed by atoms with Crippen molar-refractivity contribution in [2.45, 2.75) is 33.6 Å². The Morgan fingerprint density at radius 3 is 2.38 bits per heavy atom. The molecule has 88 valence electrons. The molecule has 0 N–H and O–H groups in total. The van der Waals surface area contributed by atoms with Gasteiger partial charge in [-0.25, -0.2) is 0 Å². The lowest BCUT2D eigenvalue weighted by atomic mass is 10.1. The minimum Gasteiger partial charge on any atom is -0.349 e. The van der Waals surface area contributed by atoms with Gasteiger partial charge in [0.1, 0.15) is 0 Å². The van der Waals surface area contributed by atoms with Crippen LogP contribution < -0.4 is 0 Å². The van der Waals surface area contributed by atoms with Gasteiger partial charge in [0.05, 0.1) is 4.92 Å². The Kier molecular flexibility index (Phi) is 4.28. The van der Waals surface area contributed by atoms with Gasteiger partial charge in [-0.05, 0) is 32.4 Å². The average molecular weight is 222 g/mol. The van der Waals surface area contributed by atoms with Crippen LogP contribution in [0.2, 0.25) is 0 Å². The van der Waals surface area contributed by atoms with E-state index in [1.165, 1.54) is 0 Å². The molecule has 0 unspecified atom stereocenters. The van der Waals surface area contributed by atoms with Crippen molar-refractivity contribution in [3.8, 4) is 0 Å². The van der Waals surface area contributed by atoms with Crippen LogP contribution in [0, 0.1) is 10.1 Å². The number of nitro groups is 1. The molecule has 16 heavy (non-hydrogen) atoms. The summed E-state index contributed by atoms with van der Waals surface area (Å²) in [5.74, 6) is 0. The molecule has 0 aromatic carbocycles. The van der Waals surface area contributed by atoms with Crippen molar-refractivity contribution in [1.29, 1.82) is 0 Å². The van der Waals surface area contributed by atoms with E-state index in [9.17, 15) is 10.1 Å². The van der Waals surface area contributed by atoms with E-state index < -0.39 is 4.92 Å². The maximum atomic E-state index is 10.4. The van der Waals surface area contributed by atoms with Crippen molar-refractivity contribution in [1.82, 2.24) is 4.90 Å². The van der Waals surface area contributed by atoms with Crippen LogP contribution in [0.1, 0.15) is 33.6 Å². The molecule has 0 radical (unpaired) electrons. The van der Waals surface area contributed by atoms with Gasteiger partial charge in [-0.3, -0.25) is 10.1 Å². The topological polar surface area (TPSA) is 46.4 Å². The fraction of sp³-hybridized carbons (Fsp3) is 0.500. The molecule has 0 aliphatic carbocycles. The molecule has 0 saturated carbocycles. The van der Waals surface area contributed by atoms with E-state index >= 15 is 0 Å². The summed E-state index contributed by atoms with van der Waals surface area (Å²) in [6, 6.07) is 0. The first-order valence-electron chi connectivity index (χ1n) is 5.54. The Bertz CT molecular complexity index is 345. The molecule has 4 nitrogen and oxygen atoms in total. The SMILES string of the molecule is CCCCN1C(C)=CC(=C[N+](=O)[O-])C=C1C. The summed E-state index contributed by atoms with van der Waals surface area (Å²) in [5.41, 5.74) is 2.80. The molecule has 1 heterocycles. The molecule has 0 fully saturated rings. The van der Waals surface area contributed by atoms with Crippen LogP contribution in [-0.2, 0) is 0 Å². The second kappa shape index (κ2) is 5.49. The minimum absolute atomic E-state index is 0.412. The number of hydrogen-bond acceptors (Lipinski definition) is 3. The molecular formula is C12H18N2O2. The maximum absolute atomic E-state index is 10.4. The highest BCUT2D eigenvalue weighted by molar-refractivity contribution is 5.38. The van der Waals surface area contributed by atoms with Crippen LogP contribution in [0.4, 0.5) is 0 Å². The van der Waals surface area contributed by atoms with Crippen LogP contribution >= 0.6 is 0 Å². The third-order valence-electron chi connectivity index (χ3n) is 2.59. The van der Waals surface area contributed by atoms with Gasteiger partial charge in [0.2, 0.25) is 6.20 Å². The zero-order chi connectivity index (χ0) is 12.1. The van der Waals surface area contributed by atoms with Crippen LogP contribution in [0.3, 0.4) is 0 Å². The smallest absolute Gasteiger partial charge is 0.241 e. The summed E-state index contributed by atoms with van der Waals surface area (Å²) in [6.07, 6.45) is 7.03. The minimum atomic E-state index is -0.412. The lowest BCUT2D eigenvalue weighted by molar-refractivity contribution is -0.403. The quantitative estimate of drug-likeness (QED) is 0.542. The fourth-order valence-electron chi connectivity index (χ4n) is 1.82. The Hall–Kier alpha value is -1.58. The number of allylic oxidation sites excluding steroid dienone is 5. The van der Waals surface area contributed by atoms with Crippen molar-refractivity contribution >= 4 is 0 Å². The fourth-order valence-corrected chi connectivity index (χ4v) is 1.82. The predicted molar refractivity (Wildman–Crippen MR) is 64.2 cm³/mol. The molecule has 0 aromatic rings. The number of rotatable bonds is 4. The predicted octanol–water partition coefficient (Wildman–Crippen LogP) is 3.07. The average Bonchev–Trinajstić information content (AvgIpc) is 2.15. The van der Waals surface area contributed by atoms with Crippen molar-refractivity contribution in [2.75, 3.05) is 6.54 Å². The van der Waals surface area contributed by atoms with Gasteiger partial charge in [0, 0.05) is 23.5 Å². The molecule has 1 aliphatic heterocycles. The van der Waals surface area contributed by atoms with Gasteiger partial charge >= 0.3 is 0 Å². The molecule has 0 spiro atoms. The first kappa shape index (κ1) is 12.5. The number of nitrogens with zero attached hydrogens (tertiary/aromatic N) is 2. The lowest BCUT2D eigenvalue weighted by Crippen LogP contribution is -2.23. The number of unbranched alkanes of at least 4 members (excludes halogenated alkanes) is 1. The summed E-state index contributed by atoms with van der Waals surface area (Å²) < 4.78 is 0. The van der Waals surface area contributed by atoms with E-state index in [0.29, 0.717) is 5.57 Å². The van der Waals surface area contributed by atoms with E-state index in [-0.39, 0.29) is 0 Å². The summed E-state index contributed by atoms with van der Waals surface area (Å²) in [7, 11) is 0. The molecule has 0 saturated heterocycles. The third-order valence-corrected chi connectivity index (χ3v) is 2.59. The van der Waals surface area contributed by atoms with Gasteiger partial charge in [0.25, 0.3) is 0 Å². The van der Waals surface area contributed by atoms with Crippen LogP contribution in [0.15, 0.2) is 35.3 Å². The van der Waals surface area contributed by atoms with Crippen molar-refractivity contribution in [3.05, 3.63) is 45.4 Å². The van der Waals surface area contributed by atoms with E-state index in [0.717, 1.165) is 37.0 Å². The Labute approximate surface area is 96.1 Å². The Morgan fingerprint density at radius 1 is 1.38 bits per heavy atom. The standard InChI is InChI=1S/C12H18N2O2/c1-4-5-6-13-10(2)7-12(8-11(13)3)9-14(15)16/h7-9H,4-6H2,1-3H3. The summed E-state index contributed by atoms with van der Waals surface area (Å²) in [4.78, 5) is 12.2. The summed E-state index contributed by atoms with van der Waals surface area (Å²) in [6.45, 7) is 7.10. The van der Waals surface area contributed by atoms with Gasteiger partial charge in [-0.15, -0.1) is 0 Å². The molecule has 1 aliphatic rings. The second-order valence-corrected chi connectivity index (χ2v) is 3.99. The highest BCUT2D eigenvalue weighted by atomic mass is 16.6. The largest absolute Gasteiger partial charge is 0.349 e. The van der Waals surface area contributed by atoms with E-state index in [1.54, 1.807) is 0 Å². The monoisotopic (exact) mass is 222 g/mol. The number of hydrogen-bond donors (Lipinski definition) is 0. The summed E-state index contributed by atoms with van der Waals surface area (Å²) in [5, 5.41) is 10.4.